The Hall–Kier alpha value is -2.04. The number of hydrogen-bond acceptors (Lipinski definition) is 3. The van der Waals surface area contributed by atoms with Gasteiger partial charge >= 0.3 is 12.0 Å². The number of urea groups is 1. The highest BCUT2D eigenvalue weighted by atomic mass is 16.5. The maximum Gasteiger partial charge on any atom is 0.315 e. The molecule has 1 unspecified atom stereocenters. The molecule has 1 heterocycles. The molecule has 2 N–H and O–H groups in total. The summed E-state index contributed by atoms with van der Waals surface area (Å²) in [6, 6.07) is 7.25. The van der Waals surface area contributed by atoms with Gasteiger partial charge in [-0.1, -0.05) is 29.8 Å². The van der Waals surface area contributed by atoms with Gasteiger partial charge in [-0.2, -0.15) is 0 Å². The highest BCUT2D eigenvalue weighted by Crippen LogP contribution is 2.17. The quantitative estimate of drug-likeness (QED) is 0.849. The number of amides is 2. The predicted octanol–water partition coefficient (Wildman–Crippen LogP) is 1.62. The summed E-state index contributed by atoms with van der Waals surface area (Å²) in [5.74, 6) is -0.271. The molecule has 1 aromatic rings. The Bertz CT molecular complexity index is 502. The van der Waals surface area contributed by atoms with Crippen molar-refractivity contribution in [3.63, 3.8) is 0 Å². The van der Waals surface area contributed by atoms with Gasteiger partial charge in [0.15, 0.2) is 0 Å². The number of esters is 1. The van der Waals surface area contributed by atoms with Crippen LogP contribution in [0.5, 0.6) is 0 Å². The van der Waals surface area contributed by atoms with Crippen molar-refractivity contribution in [3.8, 4) is 0 Å². The van der Waals surface area contributed by atoms with E-state index in [2.05, 4.69) is 0 Å². The molecule has 1 saturated heterocycles. The normalized spacial score (nSPS) is 18.1. The predicted molar refractivity (Wildman–Crippen MR) is 75.2 cm³/mol. The van der Waals surface area contributed by atoms with E-state index in [1.807, 2.05) is 31.2 Å². The molecule has 5 nitrogen and oxygen atoms in total. The van der Waals surface area contributed by atoms with Gasteiger partial charge in [0, 0.05) is 6.54 Å². The molecule has 20 heavy (non-hydrogen) atoms. The van der Waals surface area contributed by atoms with Crippen LogP contribution in [0.4, 0.5) is 4.79 Å². The largest absolute Gasteiger partial charge is 0.463 e. The number of rotatable bonds is 4. The molecule has 0 radical (unpaired) electrons. The minimum absolute atomic E-state index is 0.0750. The number of hydrogen-bond donors (Lipinski definition) is 1. The van der Waals surface area contributed by atoms with Crippen molar-refractivity contribution in [3.05, 3.63) is 35.4 Å². The lowest BCUT2D eigenvalue weighted by molar-refractivity contribution is -0.144. The number of aryl methyl sites for hydroxylation is 1. The first-order chi connectivity index (χ1) is 9.56. The van der Waals surface area contributed by atoms with Crippen molar-refractivity contribution in [2.75, 3.05) is 13.2 Å². The smallest absolute Gasteiger partial charge is 0.315 e. The van der Waals surface area contributed by atoms with Gasteiger partial charge in [0.25, 0.3) is 0 Å². The molecule has 1 atom stereocenters. The van der Waals surface area contributed by atoms with Crippen molar-refractivity contribution >= 4 is 12.0 Å². The highest BCUT2D eigenvalue weighted by molar-refractivity contribution is 5.74. The average molecular weight is 276 g/mol. The standard InChI is InChI=1S/C15H20N2O3/c1-11-4-2-5-12(8-11)9-14(18)20-10-13-6-3-7-17(13)15(16)19/h2,4-5,8,13H,3,6-7,9-10H2,1H3,(H2,16,19). The van der Waals surface area contributed by atoms with Gasteiger partial charge in [-0.15, -0.1) is 0 Å². The van der Waals surface area contributed by atoms with Gasteiger partial charge in [-0.05, 0) is 25.3 Å². The number of primary amides is 1. The Morgan fingerprint density at radius 3 is 2.95 bits per heavy atom. The molecule has 108 valence electrons. The monoisotopic (exact) mass is 276 g/mol. The Morgan fingerprint density at radius 1 is 1.45 bits per heavy atom. The molecule has 0 aliphatic carbocycles. The summed E-state index contributed by atoms with van der Waals surface area (Å²) in [7, 11) is 0. The summed E-state index contributed by atoms with van der Waals surface area (Å²) in [6.07, 6.45) is 1.99. The first kappa shape index (κ1) is 14.4. The SMILES string of the molecule is Cc1cccc(CC(=O)OCC2CCCN2C(N)=O)c1. The Kier molecular flexibility index (Phi) is 4.61. The number of likely N-dealkylation sites (tertiary alicyclic amines) is 1. The minimum Gasteiger partial charge on any atom is -0.463 e. The molecular weight excluding hydrogens is 256 g/mol. The summed E-state index contributed by atoms with van der Waals surface area (Å²) in [5.41, 5.74) is 7.34. The molecule has 1 aliphatic heterocycles. The van der Waals surface area contributed by atoms with E-state index < -0.39 is 6.03 Å². The maximum absolute atomic E-state index is 11.8. The molecule has 1 aromatic carbocycles. The average Bonchev–Trinajstić information content (AvgIpc) is 2.85. The topological polar surface area (TPSA) is 72.6 Å². The fourth-order valence-corrected chi connectivity index (χ4v) is 2.53. The van der Waals surface area contributed by atoms with Crippen molar-refractivity contribution < 1.29 is 14.3 Å². The maximum atomic E-state index is 11.8. The van der Waals surface area contributed by atoms with Crippen molar-refractivity contribution in [1.82, 2.24) is 4.90 Å². The van der Waals surface area contributed by atoms with Gasteiger partial charge in [-0.3, -0.25) is 4.79 Å². The number of ether oxygens (including phenoxy) is 1. The summed E-state index contributed by atoms with van der Waals surface area (Å²) < 4.78 is 5.26. The van der Waals surface area contributed by atoms with Gasteiger partial charge in [0.1, 0.15) is 6.61 Å². The Morgan fingerprint density at radius 2 is 2.25 bits per heavy atom. The van der Waals surface area contributed by atoms with Crippen LogP contribution in [0.1, 0.15) is 24.0 Å². The number of carbonyl (C=O) groups excluding carboxylic acids is 2. The minimum atomic E-state index is -0.442. The number of carbonyl (C=O) groups is 2. The van der Waals surface area contributed by atoms with Crippen LogP contribution in [0.2, 0.25) is 0 Å². The van der Waals surface area contributed by atoms with E-state index in [9.17, 15) is 9.59 Å². The zero-order chi connectivity index (χ0) is 14.5. The summed E-state index contributed by atoms with van der Waals surface area (Å²) in [6.45, 7) is 2.86. The number of nitrogens with zero attached hydrogens (tertiary/aromatic N) is 1. The third kappa shape index (κ3) is 3.73. The molecular formula is C15H20N2O3. The Labute approximate surface area is 118 Å². The number of nitrogens with two attached hydrogens (primary N) is 1. The van der Waals surface area contributed by atoms with Crippen molar-refractivity contribution in [2.24, 2.45) is 5.73 Å². The second kappa shape index (κ2) is 6.41. The first-order valence-electron chi connectivity index (χ1n) is 6.83. The van der Waals surface area contributed by atoms with Gasteiger partial charge in [-0.25, -0.2) is 4.79 Å². The van der Waals surface area contributed by atoms with E-state index in [0.29, 0.717) is 6.54 Å². The third-order valence-electron chi connectivity index (χ3n) is 3.53. The summed E-state index contributed by atoms with van der Waals surface area (Å²) >= 11 is 0. The molecule has 2 rings (SSSR count). The van der Waals surface area contributed by atoms with E-state index in [-0.39, 0.29) is 25.0 Å². The molecule has 1 aliphatic rings. The van der Waals surface area contributed by atoms with E-state index in [4.69, 9.17) is 10.5 Å². The lowest BCUT2D eigenvalue weighted by atomic mass is 10.1. The first-order valence-corrected chi connectivity index (χ1v) is 6.83. The van der Waals surface area contributed by atoms with Crippen LogP contribution >= 0.6 is 0 Å². The van der Waals surface area contributed by atoms with Crippen LogP contribution in [0.15, 0.2) is 24.3 Å². The third-order valence-corrected chi connectivity index (χ3v) is 3.53. The summed E-state index contributed by atoms with van der Waals surface area (Å²) in [5, 5.41) is 0. The molecule has 0 spiro atoms. The van der Waals surface area contributed by atoms with E-state index in [1.54, 1.807) is 4.90 Å². The van der Waals surface area contributed by atoms with Crippen molar-refractivity contribution in [1.29, 1.82) is 0 Å². The van der Waals surface area contributed by atoms with Crippen LogP contribution in [-0.4, -0.2) is 36.1 Å². The van der Waals surface area contributed by atoms with Crippen LogP contribution in [0.25, 0.3) is 0 Å². The van der Waals surface area contributed by atoms with E-state index >= 15 is 0 Å². The fraction of sp³-hybridized carbons (Fsp3) is 0.467. The number of benzene rings is 1. The fourth-order valence-electron chi connectivity index (χ4n) is 2.53. The molecule has 1 fully saturated rings. The zero-order valence-corrected chi connectivity index (χ0v) is 11.7. The molecule has 5 heteroatoms. The van der Waals surface area contributed by atoms with Gasteiger partial charge in [0.2, 0.25) is 0 Å². The van der Waals surface area contributed by atoms with Crippen molar-refractivity contribution in [2.45, 2.75) is 32.2 Å². The summed E-state index contributed by atoms with van der Waals surface area (Å²) in [4.78, 5) is 24.6. The van der Waals surface area contributed by atoms with Crippen LogP contribution < -0.4 is 5.73 Å². The van der Waals surface area contributed by atoms with Gasteiger partial charge < -0.3 is 15.4 Å². The van der Waals surface area contributed by atoms with Crippen LogP contribution in [-0.2, 0) is 16.0 Å². The Balaban J connectivity index is 1.82. The van der Waals surface area contributed by atoms with E-state index in [1.165, 1.54) is 0 Å². The highest BCUT2D eigenvalue weighted by Gasteiger charge is 2.28. The lowest BCUT2D eigenvalue weighted by Crippen LogP contribution is -2.42. The van der Waals surface area contributed by atoms with Gasteiger partial charge in [0.05, 0.1) is 12.5 Å². The van der Waals surface area contributed by atoms with Crippen LogP contribution in [0.3, 0.4) is 0 Å². The second-order valence-electron chi connectivity index (χ2n) is 5.18. The molecule has 0 aromatic heterocycles. The molecule has 2 amide bonds. The lowest BCUT2D eigenvalue weighted by Gasteiger charge is -2.22. The van der Waals surface area contributed by atoms with E-state index in [0.717, 1.165) is 24.0 Å². The molecule has 0 saturated carbocycles. The van der Waals surface area contributed by atoms with Crippen LogP contribution in [0, 0.1) is 6.92 Å². The molecule has 0 bridgehead atoms. The second-order valence-corrected chi connectivity index (χ2v) is 5.18. The zero-order valence-electron chi connectivity index (χ0n) is 11.7.